The maximum Gasteiger partial charge on any atom is 0.303 e. The van der Waals surface area contributed by atoms with Gasteiger partial charge in [0.15, 0.2) is 5.79 Å². The zero-order chi connectivity index (χ0) is 21.8. The first-order chi connectivity index (χ1) is 14.5. The first-order valence-corrected chi connectivity index (χ1v) is 11.5. The standard InChI is InChI=1S/C24H38O6/c1-2-3-4-7-10-14-24(29-16-17-30-24)15-13-20-19(21(25)18-22(20)26)11-8-5-6-9-12-23(27)28/h5,8,13,15,19-21,25H,2-4,6-7,9-12,14,16-18H2,1H3,(H,27,28)/b8-5-,15-13+/t19-,20-,21+/m1/s1. The van der Waals surface area contributed by atoms with Gasteiger partial charge >= 0.3 is 5.97 Å². The average molecular weight is 423 g/mol. The summed E-state index contributed by atoms with van der Waals surface area (Å²) in [7, 11) is 0. The average Bonchev–Trinajstić information content (AvgIpc) is 3.27. The summed E-state index contributed by atoms with van der Waals surface area (Å²) in [6.07, 6.45) is 15.9. The van der Waals surface area contributed by atoms with Crippen molar-refractivity contribution in [2.75, 3.05) is 13.2 Å². The number of carboxylic acid groups (broad SMARTS) is 1. The van der Waals surface area contributed by atoms with Crippen molar-refractivity contribution >= 4 is 11.8 Å². The molecule has 1 saturated heterocycles. The summed E-state index contributed by atoms with van der Waals surface area (Å²) >= 11 is 0. The Morgan fingerprint density at radius 3 is 2.57 bits per heavy atom. The largest absolute Gasteiger partial charge is 0.481 e. The van der Waals surface area contributed by atoms with Crippen LogP contribution in [0.4, 0.5) is 0 Å². The third-order valence-electron chi connectivity index (χ3n) is 6.04. The molecule has 2 N–H and O–H groups in total. The molecule has 0 radical (unpaired) electrons. The van der Waals surface area contributed by atoms with Crippen LogP contribution in [0.15, 0.2) is 24.3 Å². The molecular formula is C24H38O6. The van der Waals surface area contributed by atoms with Crippen molar-refractivity contribution < 1.29 is 29.3 Å². The first kappa shape index (κ1) is 24.8. The van der Waals surface area contributed by atoms with E-state index >= 15 is 0 Å². The Morgan fingerprint density at radius 2 is 1.87 bits per heavy atom. The van der Waals surface area contributed by atoms with Crippen molar-refractivity contribution in [3.05, 3.63) is 24.3 Å². The van der Waals surface area contributed by atoms with Gasteiger partial charge in [0.2, 0.25) is 0 Å². The number of aliphatic carboxylic acids is 1. The van der Waals surface area contributed by atoms with Crippen LogP contribution in [0.2, 0.25) is 0 Å². The molecule has 170 valence electrons. The lowest BCUT2D eigenvalue weighted by Gasteiger charge is -2.25. The summed E-state index contributed by atoms with van der Waals surface area (Å²) in [6.45, 7) is 3.31. The maximum absolute atomic E-state index is 12.5. The fourth-order valence-electron chi connectivity index (χ4n) is 4.29. The smallest absolute Gasteiger partial charge is 0.303 e. The number of Topliss-reactive ketones (excluding diaryl/α,β-unsaturated/α-hetero) is 1. The number of ketones is 1. The highest BCUT2D eigenvalue weighted by Crippen LogP contribution is 2.35. The maximum atomic E-state index is 12.5. The summed E-state index contributed by atoms with van der Waals surface area (Å²) in [4.78, 5) is 23.0. The van der Waals surface area contributed by atoms with E-state index in [1.54, 1.807) is 0 Å². The number of hydrogen-bond acceptors (Lipinski definition) is 5. The van der Waals surface area contributed by atoms with Gasteiger partial charge in [-0.05, 0) is 31.8 Å². The van der Waals surface area contributed by atoms with Gasteiger partial charge < -0.3 is 19.7 Å². The fourth-order valence-corrected chi connectivity index (χ4v) is 4.29. The van der Waals surface area contributed by atoms with Crippen LogP contribution >= 0.6 is 0 Å². The van der Waals surface area contributed by atoms with Crippen molar-refractivity contribution in [3.63, 3.8) is 0 Å². The van der Waals surface area contributed by atoms with Crippen LogP contribution in [0.25, 0.3) is 0 Å². The number of carboxylic acids is 1. The quantitative estimate of drug-likeness (QED) is 0.318. The molecule has 2 aliphatic rings. The van der Waals surface area contributed by atoms with Crippen molar-refractivity contribution in [2.45, 2.75) is 89.4 Å². The van der Waals surface area contributed by atoms with E-state index in [1.165, 1.54) is 19.3 Å². The Kier molecular flexibility index (Phi) is 10.8. The third-order valence-corrected chi connectivity index (χ3v) is 6.04. The molecule has 0 spiro atoms. The zero-order valence-corrected chi connectivity index (χ0v) is 18.3. The molecule has 6 heteroatoms. The summed E-state index contributed by atoms with van der Waals surface area (Å²) < 4.78 is 11.8. The highest BCUT2D eigenvalue weighted by molar-refractivity contribution is 5.86. The predicted molar refractivity (Wildman–Crippen MR) is 115 cm³/mol. The topological polar surface area (TPSA) is 93.1 Å². The zero-order valence-electron chi connectivity index (χ0n) is 18.3. The fraction of sp³-hybridized carbons (Fsp3) is 0.750. The monoisotopic (exact) mass is 422 g/mol. The Morgan fingerprint density at radius 1 is 1.13 bits per heavy atom. The van der Waals surface area contributed by atoms with E-state index in [0.29, 0.717) is 32.5 Å². The van der Waals surface area contributed by atoms with Gasteiger partial charge in [-0.3, -0.25) is 9.59 Å². The second-order valence-electron chi connectivity index (χ2n) is 8.45. The van der Waals surface area contributed by atoms with Crippen molar-refractivity contribution in [1.82, 2.24) is 0 Å². The minimum Gasteiger partial charge on any atom is -0.481 e. The molecular weight excluding hydrogens is 384 g/mol. The number of ether oxygens (including phenoxy) is 2. The van der Waals surface area contributed by atoms with E-state index < -0.39 is 17.9 Å². The third kappa shape index (κ3) is 7.97. The van der Waals surface area contributed by atoms with Gasteiger partial charge in [0.25, 0.3) is 0 Å². The van der Waals surface area contributed by atoms with Crippen LogP contribution in [0.5, 0.6) is 0 Å². The Labute approximate surface area is 180 Å². The first-order valence-electron chi connectivity index (χ1n) is 11.5. The molecule has 0 aromatic heterocycles. The van der Waals surface area contributed by atoms with Gasteiger partial charge in [-0.15, -0.1) is 0 Å². The van der Waals surface area contributed by atoms with Crippen LogP contribution in [-0.2, 0) is 19.1 Å². The van der Waals surface area contributed by atoms with Gasteiger partial charge in [-0.1, -0.05) is 50.8 Å². The van der Waals surface area contributed by atoms with Crippen LogP contribution in [0, 0.1) is 11.8 Å². The molecule has 0 aromatic carbocycles. The van der Waals surface area contributed by atoms with E-state index in [4.69, 9.17) is 14.6 Å². The summed E-state index contributed by atoms with van der Waals surface area (Å²) in [5.74, 6) is -1.97. The van der Waals surface area contributed by atoms with Gasteiger partial charge in [0.1, 0.15) is 5.78 Å². The molecule has 0 unspecified atom stereocenters. The van der Waals surface area contributed by atoms with E-state index in [-0.39, 0.29) is 30.5 Å². The molecule has 1 aliphatic carbocycles. The predicted octanol–water partition coefficient (Wildman–Crippen LogP) is 4.41. The number of allylic oxidation sites excluding steroid dienone is 3. The summed E-state index contributed by atoms with van der Waals surface area (Å²) in [5, 5.41) is 19.0. The van der Waals surface area contributed by atoms with E-state index in [2.05, 4.69) is 6.92 Å². The van der Waals surface area contributed by atoms with Crippen molar-refractivity contribution in [3.8, 4) is 0 Å². The molecule has 1 heterocycles. The number of hydrogen-bond donors (Lipinski definition) is 2. The SMILES string of the molecule is CCCCCCCC1(/C=C/[C@H]2C(=O)C[C@H](O)[C@@H]2C/C=C\CCCC(=O)O)OCCO1. The molecule has 1 aliphatic heterocycles. The number of carbonyl (C=O) groups is 2. The van der Waals surface area contributed by atoms with E-state index in [0.717, 1.165) is 19.3 Å². The number of rotatable bonds is 14. The minimum absolute atomic E-state index is 0.0547. The molecule has 30 heavy (non-hydrogen) atoms. The second-order valence-corrected chi connectivity index (χ2v) is 8.45. The molecule has 3 atom stereocenters. The number of aliphatic hydroxyl groups excluding tert-OH is 1. The lowest BCUT2D eigenvalue weighted by molar-refractivity contribution is -0.137. The Bertz CT molecular complexity index is 591. The molecule has 0 bridgehead atoms. The van der Waals surface area contributed by atoms with E-state index in [1.807, 2.05) is 24.3 Å². The highest BCUT2D eigenvalue weighted by atomic mass is 16.7. The Hall–Kier alpha value is -1.50. The Balaban J connectivity index is 1.91. The van der Waals surface area contributed by atoms with Gasteiger partial charge in [0.05, 0.1) is 19.3 Å². The number of unbranched alkanes of at least 4 members (excludes halogenated alkanes) is 5. The van der Waals surface area contributed by atoms with Crippen molar-refractivity contribution in [2.24, 2.45) is 11.8 Å². The highest BCUT2D eigenvalue weighted by Gasteiger charge is 2.40. The molecule has 6 nitrogen and oxygen atoms in total. The molecule has 2 rings (SSSR count). The minimum atomic E-state index is -0.791. The summed E-state index contributed by atoms with van der Waals surface area (Å²) in [5.41, 5.74) is 0. The van der Waals surface area contributed by atoms with Crippen LogP contribution in [0.3, 0.4) is 0 Å². The summed E-state index contributed by atoms with van der Waals surface area (Å²) in [6, 6.07) is 0. The lowest BCUT2D eigenvalue weighted by Crippen LogP contribution is -2.28. The van der Waals surface area contributed by atoms with Crippen LogP contribution < -0.4 is 0 Å². The lowest BCUT2D eigenvalue weighted by atomic mass is 9.89. The molecule has 0 amide bonds. The van der Waals surface area contributed by atoms with Gasteiger partial charge in [-0.2, -0.15) is 0 Å². The number of aliphatic hydroxyl groups is 1. The molecule has 1 saturated carbocycles. The second kappa shape index (κ2) is 13.0. The van der Waals surface area contributed by atoms with E-state index in [9.17, 15) is 14.7 Å². The van der Waals surface area contributed by atoms with Gasteiger partial charge in [-0.25, -0.2) is 0 Å². The van der Waals surface area contributed by atoms with Crippen LogP contribution in [-0.4, -0.2) is 47.1 Å². The number of carbonyl (C=O) groups excluding carboxylic acids is 1. The molecule has 2 fully saturated rings. The van der Waals surface area contributed by atoms with Crippen molar-refractivity contribution in [1.29, 1.82) is 0 Å². The van der Waals surface area contributed by atoms with Gasteiger partial charge in [0, 0.05) is 31.1 Å². The normalized spacial score (nSPS) is 26.3. The molecule has 0 aromatic rings. The van der Waals surface area contributed by atoms with Crippen LogP contribution in [0.1, 0.15) is 77.6 Å².